The lowest BCUT2D eigenvalue weighted by Crippen LogP contribution is -2.09. The van der Waals surface area contributed by atoms with Crippen LogP contribution in [-0.2, 0) is 22.4 Å². The van der Waals surface area contributed by atoms with Gasteiger partial charge in [-0.3, -0.25) is 4.79 Å². The first-order chi connectivity index (χ1) is 11.7. The van der Waals surface area contributed by atoms with E-state index < -0.39 is 0 Å². The Morgan fingerprint density at radius 1 is 0.833 bits per heavy atom. The van der Waals surface area contributed by atoms with E-state index >= 15 is 0 Å². The number of benzene rings is 2. The van der Waals surface area contributed by atoms with Gasteiger partial charge in [0.1, 0.15) is 0 Å². The molecular formula is C22H28O2. The first-order valence-corrected chi connectivity index (χ1v) is 8.96. The fraction of sp³-hybridized carbons (Fsp3) is 0.409. The maximum atomic E-state index is 11.8. The molecule has 0 aromatic heterocycles. The quantitative estimate of drug-likeness (QED) is 0.465. The Hall–Kier alpha value is -2.09. The minimum atomic E-state index is -0.127. The highest BCUT2D eigenvalue weighted by molar-refractivity contribution is 5.72. The zero-order valence-corrected chi connectivity index (χ0v) is 14.9. The molecule has 0 saturated carbocycles. The summed E-state index contributed by atoms with van der Waals surface area (Å²) in [5.74, 6) is -0.127. The highest BCUT2D eigenvalue weighted by Crippen LogP contribution is 2.12. The molecule has 0 N–H and O–H groups in total. The molecule has 0 aliphatic heterocycles. The van der Waals surface area contributed by atoms with Crippen molar-refractivity contribution in [3.8, 4) is 0 Å². The molecule has 128 valence electrons. The van der Waals surface area contributed by atoms with Gasteiger partial charge in [0.25, 0.3) is 0 Å². The number of hydrogen-bond acceptors (Lipinski definition) is 2. The molecule has 0 atom stereocenters. The summed E-state index contributed by atoms with van der Waals surface area (Å²) in [5.41, 5.74) is 4.86. The monoisotopic (exact) mass is 324 g/mol. The van der Waals surface area contributed by atoms with Crippen LogP contribution in [0.5, 0.6) is 0 Å². The van der Waals surface area contributed by atoms with Gasteiger partial charge in [-0.15, -0.1) is 0 Å². The van der Waals surface area contributed by atoms with Gasteiger partial charge in [0, 0.05) is 0 Å². The molecule has 2 rings (SSSR count). The lowest BCUT2D eigenvalue weighted by atomic mass is 10.0. The molecular weight excluding hydrogens is 296 g/mol. The van der Waals surface area contributed by atoms with Crippen LogP contribution in [-0.4, -0.2) is 12.6 Å². The van der Waals surface area contributed by atoms with Crippen molar-refractivity contribution in [2.45, 2.75) is 52.4 Å². The molecule has 0 fully saturated rings. The SMILES string of the molecule is CCCCCCOC(=O)Cc1ccc(Cc2ccc(C)cc2)cc1. The van der Waals surface area contributed by atoms with Crippen molar-refractivity contribution in [1.29, 1.82) is 0 Å². The molecule has 2 aromatic carbocycles. The molecule has 0 bridgehead atoms. The van der Waals surface area contributed by atoms with Gasteiger partial charge in [-0.1, -0.05) is 80.3 Å². The number of carbonyl (C=O) groups excluding carboxylic acids is 1. The molecule has 2 nitrogen and oxygen atoms in total. The number of esters is 1. The van der Waals surface area contributed by atoms with Crippen LogP contribution in [0.4, 0.5) is 0 Å². The van der Waals surface area contributed by atoms with Gasteiger partial charge in [0.2, 0.25) is 0 Å². The predicted molar refractivity (Wildman–Crippen MR) is 99.2 cm³/mol. The topological polar surface area (TPSA) is 26.3 Å². The van der Waals surface area contributed by atoms with Crippen LogP contribution >= 0.6 is 0 Å². The van der Waals surface area contributed by atoms with E-state index in [0.29, 0.717) is 13.0 Å². The number of rotatable bonds is 9. The Kier molecular flexibility index (Phi) is 7.54. The molecule has 0 aliphatic carbocycles. The summed E-state index contributed by atoms with van der Waals surface area (Å²) in [6, 6.07) is 16.9. The molecule has 0 radical (unpaired) electrons. The highest BCUT2D eigenvalue weighted by atomic mass is 16.5. The molecule has 2 heteroatoms. The highest BCUT2D eigenvalue weighted by Gasteiger charge is 2.05. The van der Waals surface area contributed by atoms with Gasteiger partial charge >= 0.3 is 5.97 Å². The van der Waals surface area contributed by atoms with Crippen LogP contribution in [0.3, 0.4) is 0 Å². The van der Waals surface area contributed by atoms with E-state index in [1.54, 1.807) is 0 Å². The normalized spacial score (nSPS) is 10.6. The number of carbonyl (C=O) groups is 1. The molecule has 0 unspecified atom stereocenters. The van der Waals surface area contributed by atoms with Crippen LogP contribution < -0.4 is 0 Å². The molecule has 0 saturated heterocycles. The third kappa shape index (κ3) is 6.57. The molecule has 0 spiro atoms. The predicted octanol–water partition coefficient (Wildman–Crippen LogP) is 5.25. The molecule has 0 amide bonds. The standard InChI is InChI=1S/C22H28O2/c1-3-4-5-6-15-24-22(23)17-21-13-11-20(12-14-21)16-19-9-7-18(2)8-10-19/h7-14H,3-6,15-17H2,1-2H3. The summed E-state index contributed by atoms with van der Waals surface area (Å²) in [4.78, 5) is 11.8. The van der Waals surface area contributed by atoms with Crippen molar-refractivity contribution in [2.24, 2.45) is 0 Å². The van der Waals surface area contributed by atoms with Gasteiger partial charge in [-0.2, -0.15) is 0 Å². The second-order valence-corrected chi connectivity index (χ2v) is 6.44. The smallest absolute Gasteiger partial charge is 0.310 e. The van der Waals surface area contributed by atoms with Gasteiger partial charge in [0.05, 0.1) is 13.0 Å². The molecule has 0 aliphatic rings. The van der Waals surface area contributed by atoms with Crippen LogP contribution in [0.15, 0.2) is 48.5 Å². The Morgan fingerprint density at radius 2 is 1.42 bits per heavy atom. The Bertz CT molecular complexity index is 611. The van der Waals surface area contributed by atoms with E-state index in [4.69, 9.17) is 4.74 Å². The second kappa shape index (κ2) is 9.92. The summed E-state index contributed by atoms with van der Waals surface area (Å²) in [5, 5.41) is 0. The summed E-state index contributed by atoms with van der Waals surface area (Å²) in [6.07, 6.45) is 5.79. The third-order valence-electron chi connectivity index (χ3n) is 4.16. The van der Waals surface area contributed by atoms with Crippen molar-refractivity contribution in [3.63, 3.8) is 0 Å². The first kappa shape index (κ1) is 18.3. The van der Waals surface area contributed by atoms with E-state index in [1.165, 1.54) is 29.5 Å². The van der Waals surface area contributed by atoms with Crippen LogP contribution in [0.1, 0.15) is 54.9 Å². The lowest BCUT2D eigenvalue weighted by molar-refractivity contribution is -0.142. The maximum Gasteiger partial charge on any atom is 0.310 e. The Morgan fingerprint density at radius 3 is 2.04 bits per heavy atom. The molecule has 0 heterocycles. The van der Waals surface area contributed by atoms with E-state index in [1.807, 2.05) is 12.1 Å². The average Bonchev–Trinajstić information content (AvgIpc) is 2.58. The summed E-state index contributed by atoms with van der Waals surface area (Å²) in [6.45, 7) is 4.82. The fourth-order valence-electron chi connectivity index (χ4n) is 2.65. The average molecular weight is 324 g/mol. The third-order valence-corrected chi connectivity index (χ3v) is 4.16. The van der Waals surface area contributed by atoms with E-state index in [0.717, 1.165) is 24.8 Å². The zero-order chi connectivity index (χ0) is 17.2. The van der Waals surface area contributed by atoms with E-state index in [-0.39, 0.29) is 5.97 Å². The van der Waals surface area contributed by atoms with Crippen LogP contribution in [0, 0.1) is 6.92 Å². The summed E-state index contributed by atoms with van der Waals surface area (Å²) in [7, 11) is 0. The largest absolute Gasteiger partial charge is 0.465 e. The lowest BCUT2D eigenvalue weighted by Gasteiger charge is -2.06. The van der Waals surface area contributed by atoms with Gasteiger partial charge in [-0.25, -0.2) is 0 Å². The van der Waals surface area contributed by atoms with E-state index in [9.17, 15) is 4.79 Å². The minimum absolute atomic E-state index is 0.127. The number of aryl methyl sites for hydroxylation is 1. The number of hydrogen-bond donors (Lipinski definition) is 0. The van der Waals surface area contributed by atoms with Crippen LogP contribution in [0.25, 0.3) is 0 Å². The Labute approximate surface area is 145 Å². The minimum Gasteiger partial charge on any atom is -0.465 e. The van der Waals surface area contributed by atoms with Crippen LogP contribution in [0.2, 0.25) is 0 Å². The Balaban J connectivity index is 1.77. The molecule has 24 heavy (non-hydrogen) atoms. The zero-order valence-electron chi connectivity index (χ0n) is 14.9. The van der Waals surface area contributed by atoms with Crippen molar-refractivity contribution >= 4 is 5.97 Å². The molecule has 2 aromatic rings. The van der Waals surface area contributed by atoms with Crippen molar-refractivity contribution in [2.75, 3.05) is 6.61 Å². The fourth-order valence-corrected chi connectivity index (χ4v) is 2.65. The van der Waals surface area contributed by atoms with Crippen molar-refractivity contribution in [1.82, 2.24) is 0 Å². The second-order valence-electron chi connectivity index (χ2n) is 6.44. The van der Waals surface area contributed by atoms with Crippen molar-refractivity contribution in [3.05, 3.63) is 70.8 Å². The maximum absolute atomic E-state index is 11.8. The van der Waals surface area contributed by atoms with Gasteiger partial charge < -0.3 is 4.74 Å². The summed E-state index contributed by atoms with van der Waals surface area (Å²) >= 11 is 0. The number of ether oxygens (including phenoxy) is 1. The van der Waals surface area contributed by atoms with E-state index in [2.05, 4.69) is 50.2 Å². The number of unbranched alkanes of at least 4 members (excludes halogenated alkanes) is 3. The first-order valence-electron chi connectivity index (χ1n) is 8.96. The van der Waals surface area contributed by atoms with Crippen molar-refractivity contribution < 1.29 is 9.53 Å². The van der Waals surface area contributed by atoms with Gasteiger partial charge in [0.15, 0.2) is 0 Å². The summed E-state index contributed by atoms with van der Waals surface area (Å²) < 4.78 is 5.29. The van der Waals surface area contributed by atoms with Gasteiger partial charge in [-0.05, 0) is 36.5 Å².